The molecular weight excluding hydrogens is 370 g/mol. The van der Waals surface area contributed by atoms with Crippen LogP contribution in [0.4, 0.5) is 11.4 Å². The third-order valence-electron chi connectivity index (χ3n) is 4.33. The van der Waals surface area contributed by atoms with Crippen molar-refractivity contribution in [2.24, 2.45) is 0 Å². The van der Waals surface area contributed by atoms with Gasteiger partial charge < -0.3 is 9.80 Å². The molecule has 1 aromatic heterocycles. The van der Waals surface area contributed by atoms with E-state index in [-0.39, 0.29) is 17.6 Å². The Morgan fingerprint density at radius 3 is 2.48 bits per heavy atom. The van der Waals surface area contributed by atoms with Crippen LogP contribution in [0.1, 0.15) is 19.9 Å². The zero-order valence-electron chi connectivity index (χ0n) is 15.2. The molecule has 0 saturated carbocycles. The van der Waals surface area contributed by atoms with Crippen LogP contribution in [0, 0.1) is 10.1 Å². The maximum absolute atomic E-state index is 12.5. The second kappa shape index (κ2) is 8.33. The highest BCUT2D eigenvalue weighted by molar-refractivity contribution is 7.99. The Labute approximate surface area is 160 Å². The number of nitrogens with zero attached hydrogens (tertiary/aromatic N) is 7. The van der Waals surface area contributed by atoms with Crippen molar-refractivity contribution >= 4 is 29.0 Å². The summed E-state index contributed by atoms with van der Waals surface area (Å²) in [5, 5.41) is 22.9. The molecule has 0 aliphatic carbocycles. The molecule has 0 radical (unpaired) electrons. The third kappa shape index (κ3) is 4.54. The highest BCUT2D eigenvalue weighted by Crippen LogP contribution is 2.22. The minimum atomic E-state index is -0.409. The Morgan fingerprint density at radius 1 is 1.22 bits per heavy atom. The van der Waals surface area contributed by atoms with Gasteiger partial charge in [-0.25, -0.2) is 4.68 Å². The van der Waals surface area contributed by atoms with Crippen molar-refractivity contribution in [1.29, 1.82) is 0 Å². The first-order valence-corrected chi connectivity index (χ1v) is 9.62. The molecule has 0 atom stereocenters. The van der Waals surface area contributed by atoms with E-state index in [1.807, 2.05) is 18.7 Å². The van der Waals surface area contributed by atoms with E-state index in [4.69, 9.17) is 0 Å². The van der Waals surface area contributed by atoms with Crippen LogP contribution in [-0.4, -0.2) is 67.9 Å². The van der Waals surface area contributed by atoms with Gasteiger partial charge in [-0.15, -0.1) is 5.10 Å². The minimum Gasteiger partial charge on any atom is -0.368 e. The smallest absolute Gasteiger partial charge is 0.269 e. The largest absolute Gasteiger partial charge is 0.368 e. The standard InChI is InChI=1S/C16H21N7O3S/c1-12(2)22-16(17-18-19-22)27-11-15(24)21-9-7-20(8-10-21)13-3-5-14(6-4-13)23(25)26/h3-6,12H,7-11H2,1-2H3. The number of amides is 1. The summed E-state index contributed by atoms with van der Waals surface area (Å²) in [5.74, 6) is 0.353. The molecule has 1 saturated heterocycles. The maximum Gasteiger partial charge on any atom is 0.269 e. The monoisotopic (exact) mass is 391 g/mol. The number of carbonyl (C=O) groups excluding carboxylic acids is 1. The van der Waals surface area contributed by atoms with Crippen LogP contribution in [0.3, 0.4) is 0 Å². The lowest BCUT2D eigenvalue weighted by atomic mass is 10.2. The Kier molecular flexibility index (Phi) is 5.89. The van der Waals surface area contributed by atoms with Gasteiger partial charge in [0.05, 0.1) is 16.7 Å². The highest BCUT2D eigenvalue weighted by atomic mass is 32.2. The van der Waals surface area contributed by atoms with E-state index in [0.717, 1.165) is 5.69 Å². The Morgan fingerprint density at radius 2 is 1.89 bits per heavy atom. The molecule has 144 valence electrons. The lowest BCUT2D eigenvalue weighted by molar-refractivity contribution is -0.384. The van der Waals surface area contributed by atoms with Crippen molar-refractivity contribution < 1.29 is 9.72 Å². The first-order chi connectivity index (χ1) is 13.0. The predicted molar refractivity (Wildman–Crippen MR) is 101 cm³/mol. The highest BCUT2D eigenvalue weighted by Gasteiger charge is 2.22. The molecule has 2 heterocycles. The summed E-state index contributed by atoms with van der Waals surface area (Å²) in [4.78, 5) is 26.8. The Bertz CT molecular complexity index is 801. The zero-order chi connectivity index (χ0) is 19.4. The Hall–Kier alpha value is -2.69. The number of benzene rings is 1. The fraction of sp³-hybridized carbons (Fsp3) is 0.500. The predicted octanol–water partition coefficient (Wildman–Crippen LogP) is 1.60. The van der Waals surface area contributed by atoms with Gasteiger partial charge >= 0.3 is 0 Å². The number of non-ortho nitro benzene ring substituents is 1. The molecule has 1 fully saturated rings. The van der Waals surface area contributed by atoms with Crippen molar-refractivity contribution in [2.45, 2.75) is 25.0 Å². The van der Waals surface area contributed by atoms with E-state index in [0.29, 0.717) is 37.1 Å². The molecule has 10 nitrogen and oxygen atoms in total. The normalized spacial score (nSPS) is 14.6. The number of hydrogen-bond donors (Lipinski definition) is 0. The lowest BCUT2D eigenvalue weighted by Crippen LogP contribution is -2.49. The molecule has 1 amide bonds. The molecule has 27 heavy (non-hydrogen) atoms. The number of anilines is 1. The average Bonchev–Trinajstić information content (AvgIpc) is 3.15. The average molecular weight is 391 g/mol. The molecular formula is C16H21N7O3S. The van der Waals surface area contributed by atoms with Gasteiger partial charge in [0.2, 0.25) is 11.1 Å². The van der Waals surface area contributed by atoms with Gasteiger partial charge in [-0.05, 0) is 36.4 Å². The molecule has 1 aliphatic heterocycles. The molecule has 11 heteroatoms. The summed E-state index contributed by atoms with van der Waals surface area (Å²) in [6, 6.07) is 6.64. The van der Waals surface area contributed by atoms with Crippen LogP contribution in [0.2, 0.25) is 0 Å². The van der Waals surface area contributed by atoms with Gasteiger partial charge in [-0.2, -0.15) is 0 Å². The van der Waals surface area contributed by atoms with E-state index in [2.05, 4.69) is 20.4 Å². The second-order valence-corrected chi connectivity index (χ2v) is 7.37. The zero-order valence-corrected chi connectivity index (χ0v) is 16.0. The SMILES string of the molecule is CC(C)n1nnnc1SCC(=O)N1CCN(c2ccc([N+](=O)[O-])cc2)CC1. The number of thioether (sulfide) groups is 1. The quantitative estimate of drug-likeness (QED) is 0.415. The summed E-state index contributed by atoms with van der Waals surface area (Å²) < 4.78 is 1.70. The number of piperazine rings is 1. The Balaban J connectivity index is 1.50. The van der Waals surface area contributed by atoms with E-state index in [9.17, 15) is 14.9 Å². The van der Waals surface area contributed by atoms with Crippen molar-refractivity contribution in [3.8, 4) is 0 Å². The molecule has 0 unspecified atom stereocenters. The molecule has 1 aliphatic rings. The molecule has 0 N–H and O–H groups in total. The van der Waals surface area contributed by atoms with Gasteiger partial charge in [0, 0.05) is 44.0 Å². The molecule has 0 bridgehead atoms. The fourth-order valence-corrected chi connectivity index (χ4v) is 3.73. The number of hydrogen-bond acceptors (Lipinski definition) is 8. The topological polar surface area (TPSA) is 110 Å². The number of aromatic nitrogens is 4. The van der Waals surface area contributed by atoms with Gasteiger partial charge in [0.25, 0.3) is 5.69 Å². The number of nitro benzene ring substituents is 1. The number of nitro groups is 1. The second-order valence-electron chi connectivity index (χ2n) is 6.43. The number of rotatable bonds is 6. The van der Waals surface area contributed by atoms with Gasteiger partial charge in [-0.1, -0.05) is 11.8 Å². The first kappa shape index (κ1) is 19.1. The first-order valence-electron chi connectivity index (χ1n) is 8.63. The van der Waals surface area contributed by atoms with Crippen LogP contribution in [-0.2, 0) is 4.79 Å². The third-order valence-corrected chi connectivity index (χ3v) is 5.25. The lowest BCUT2D eigenvalue weighted by Gasteiger charge is -2.36. The summed E-state index contributed by atoms with van der Waals surface area (Å²) in [7, 11) is 0. The number of carbonyl (C=O) groups is 1. The van der Waals surface area contributed by atoms with Crippen LogP contribution < -0.4 is 4.90 Å². The van der Waals surface area contributed by atoms with Gasteiger partial charge in [-0.3, -0.25) is 14.9 Å². The summed E-state index contributed by atoms with van der Waals surface area (Å²) in [6.07, 6.45) is 0. The van der Waals surface area contributed by atoms with Gasteiger partial charge in [0.15, 0.2) is 0 Å². The van der Waals surface area contributed by atoms with Crippen molar-refractivity contribution in [2.75, 3.05) is 36.8 Å². The summed E-state index contributed by atoms with van der Waals surface area (Å²) in [6.45, 7) is 6.59. The van der Waals surface area contributed by atoms with Crippen LogP contribution in [0.15, 0.2) is 29.4 Å². The van der Waals surface area contributed by atoms with Crippen molar-refractivity contribution in [3.63, 3.8) is 0 Å². The van der Waals surface area contributed by atoms with Crippen molar-refractivity contribution in [1.82, 2.24) is 25.1 Å². The van der Waals surface area contributed by atoms with Crippen LogP contribution >= 0.6 is 11.8 Å². The van der Waals surface area contributed by atoms with E-state index >= 15 is 0 Å². The summed E-state index contributed by atoms with van der Waals surface area (Å²) >= 11 is 1.34. The van der Waals surface area contributed by atoms with Crippen molar-refractivity contribution in [3.05, 3.63) is 34.4 Å². The maximum atomic E-state index is 12.5. The van der Waals surface area contributed by atoms with Gasteiger partial charge in [0.1, 0.15) is 0 Å². The molecule has 0 spiro atoms. The minimum absolute atomic E-state index is 0.0571. The summed E-state index contributed by atoms with van der Waals surface area (Å²) in [5.41, 5.74) is 1.01. The molecule has 2 aromatic rings. The van der Waals surface area contributed by atoms with E-state index in [1.165, 1.54) is 23.9 Å². The fourth-order valence-electron chi connectivity index (χ4n) is 2.82. The molecule has 1 aromatic carbocycles. The van der Waals surface area contributed by atoms with E-state index < -0.39 is 4.92 Å². The van der Waals surface area contributed by atoms with Crippen LogP contribution in [0.25, 0.3) is 0 Å². The molecule has 3 rings (SSSR count). The number of tetrazole rings is 1. The van der Waals surface area contributed by atoms with E-state index in [1.54, 1.807) is 16.8 Å². The van der Waals surface area contributed by atoms with Crippen LogP contribution in [0.5, 0.6) is 0 Å².